The van der Waals surface area contributed by atoms with Crippen molar-refractivity contribution in [2.24, 2.45) is 0 Å². The lowest BCUT2D eigenvalue weighted by molar-refractivity contribution is -0.0902. The number of aliphatic hydroxyl groups is 6. The molecule has 5 aromatic rings. The van der Waals surface area contributed by atoms with E-state index in [0.717, 1.165) is 26.4 Å². The standard InChI is InChI=1S/C13H14O3.4C12H14O/c1-10-12(8-5-9-15-10)16-13(14)11-6-3-2-4-7-11;2*1-10-12(8-5-9-13-10)11-6-3-2-4-7-11;2*1-10-7-8-12(9-13-10)11-5-3-2-4-6-11/h2-8,10,12H,9H2,1H3;4*2-8,10,12H,9H2,1H3/p+3/t2*10-,12+;10-,12-;10-,12+;10-,12-/m00000/s1. The van der Waals surface area contributed by atoms with Crippen LogP contribution in [0.1, 0.15) is 90.9 Å². The molecule has 10 rings (SSSR count). The highest BCUT2D eigenvalue weighted by Gasteiger charge is 2.25. The smallest absolute Gasteiger partial charge is 0.338 e. The molecular formula is C61H73O7+3. The van der Waals surface area contributed by atoms with E-state index < -0.39 is 0 Å². The zero-order valence-electron chi connectivity index (χ0n) is 40.5. The van der Waals surface area contributed by atoms with Crippen molar-refractivity contribution in [1.29, 1.82) is 0 Å². The average Bonchev–Trinajstić information content (AvgIpc) is 3.40. The Morgan fingerprint density at radius 1 is 0.485 bits per heavy atom. The van der Waals surface area contributed by atoms with E-state index in [2.05, 4.69) is 206 Å². The number of benzene rings is 5. The SMILES string of the molecule is C[C@@H]1OCC=C[C@H]1OC(=O)c1ccccc1.C[C@@H]1[OH+]CC=C[C@@H]1c1ccccc1.C[C@@H]1[OH+]CC=C[C@H]1c1ccccc1.C[C@H]1C=C[C@@H](c2ccccc2)CO1.C[C@H]1C=C[C@H](c2ccccc2)C[OH+]1. The molecule has 0 spiro atoms. The fourth-order valence-corrected chi connectivity index (χ4v) is 8.27. The summed E-state index contributed by atoms with van der Waals surface area (Å²) in [7, 11) is 0. The summed E-state index contributed by atoms with van der Waals surface area (Å²) in [6.07, 6.45) is 22.5. The Kier molecular flexibility index (Phi) is 21.5. The highest BCUT2D eigenvalue weighted by atomic mass is 16.6. The summed E-state index contributed by atoms with van der Waals surface area (Å²) in [4.78, 5) is 11.7. The Balaban J connectivity index is 0.000000140. The Morgan fingerprint density at radius 2 is 0.956 bits per heavy atom. The Morgan fingerprint density at radius 3 is 1.40 bits per heavy atom. The van der Waals surface area contributed by atoms with E-state index in [0.29, 0.717) is 54.2 Å². The van der Waals surface area contributed by atoms with E-state index in [1.165, 1.54) is 22.3 Å². The largest absolute Gasteiger partial charge is 0.452 e. The summed E-state index contributed by atoms with van der Waals surface area (Å²) in [5.41, 5.74) is 6.01. The molecule has 5 aliphatic rings. The molecule has 7 nitrogen and oxygen atoms in total. The molecule has 3 N–H and O–H groups in total. The third-order valence-electron chi connectivity index (χ3n) is 12.4. The maximum atomic E-state index is 11.7. The number of ether oxygens (including phenoxy) is 6. The number of hydrogen-bond acceptors (Lipinski definition) is 4. The molecule has 0 saturated heterocycles. The molecule has 0 unspecified atom stereocenters. The molecule has 5 heterocycles. The van der Waals surface area contributed by atoms with Crippen LogP contribution in [0.3, 0.4) is 0 Å². The van der Waals surface area contributed by atoms with Crippen LogP contribution >= 0.6 is 0 Å². The Hall–Kier alpha value is -5.93. The van der Waals surface area contributed by atoms with Crippen molar-refractivity contribution in [3.8, 4) is 0 Å². The van der Waals surface area contributed by atoms with Gasteiger partial charge in [-0.3, -0.25) is 0 Å². The molecule has 0 bridgehead atoms. The van der Waals surface area contributed by atoms with Gasteiger partial charge in [-0.15, -0.1) is 0 Å². The second-order valence-electron chi connectivity index (χ2n) is 17.6. The van der Waals surface area contributed by atoms with Crippen LogP contribution < -0.4 is 0 Å². The minimum Gasteiger partial charge on any atom is -0.452 e. The van der Waals surface area contributed by atoms with Gasteiger partial charge in [0.1, 0.15) is 6.10 Å². The van der Waals surface area contributed by atoms with E-state index in [4.69, 9.17) is 14.2 Å². The van der Waals surface area contributed by atoms with Gasteiger partial charge in [-0.2, -0.15) is 0 Å². The summed E-state index contributed by atoms with van der Waals surface area (Å²) < 4.78 is 29.8. The van der Waals surface area contributed by atoms with E-state index in [1.54, 1.807) is 12.1 Å². The number of esters is 1. The minimum atomic E-state index is -0.312. The predicted octanol–water partition coefficient (Wildman–Crippen LogP) is 11.7. The first-order chi connectivity index (χ1) is 33.2. The molecule has 10 atom stereocenters. The van der Waals surface area contributed by atoms with Crippen molar-refractivity contribution in [3.63, 3.8) is 0 Å². The lowest BCUT2D eigenvalue weighted by Crippen LogP contribution is -2.32. The van der Waals surface area contributed by atoms with Crippen LogP contribution in [0.4, 0.5) is 0 Å². The highest BCUT2D eigenvalue weighted by molar-refractivity contribution is 5.89. The number of hydrogen-bond donors (Lipinski definition) is 0. The van der Waals surface area contributed by atoms with Gasteiger partial charge < -0.3 is 28.4 Å². The summed E-state index contributed by atoms with van der Waals surface area (Å²) in [5.74, 6) is 1.59. The van der Waals surface area contributed by atoms with Crippen LogP contribution in [-0.4, -0.2) is 89.8 Å². The van der Waals surface area contributed by atoms with Gasteiger partial charge in [-0.1, -0.05) is 176 Å². The van der Waals surface area contributed by atoms with E-state index in [9.17, 15) is 4.79 Å². The predicted molar refractivity (Wildman–Crippen MR) is 279 cm³/mol. The summed E-state index contributed by atoms with van der Waals surface area (Å²) in [6.45, 7) is 14.5. The first kappa shape index (κ1) is 51.5. The van der Waals surface area contributed by atoms with Crippen LogP contribution in [0.25, 0.3) is 0 Å². The fraction of sp³-hybridized carbons (Fsp3) is 0.328. The summed E-state index contributed by atoms with van der Waals surface area (Å²) in [6, 6.07) is 51.1. The third-order valence-corrected chi connectivity index (χ3v) is 12.4. The first-order valence-corrected chi connectivity index (χ1v) is 24.3. The molecule has 0 saturated carbocycles. The van der Waals surface area contributed by atoms with Crippen LogP contribution in [-0.2, 0) is 14.2 Å². The van der Waals surface area contributed by atoms with Crippen molar-refractivity contribution < 1.29 is 33.2 Å². The third kappa shape index (κ3) is 17.0. The zero-order chi connectivity index (χ0) is 47.8. The van der Waals surface area contributed by atoms with Crippen molar-refractivity contribution in [2.45, 2.75) is 94.9 Å². The van der Waals surface area contributed by atoms with Crippen molar-refractivity contribution in [3.05, 3.63) is 240 Å². The van der Waals surface area contributed by atoms with Gasteiger partial charge in [-0.25, -0.2) is 4.79 Å². The van der Waals surface area contributed by atoms with Crippen LogP contribution in [0, 0.1) is 0 Å². The highest BCUT2D eigenvalue weighted by Crippen LogP contribution is 2.26. The molecule has 5 aromatic carbocycles. The molecule has 0 fully saturated rings. The van der Waals surface area contributed by atoms with Gasteiger partial charge in [0.05, 0.1) is 48.7 Å². The lowest BCUT2D eigenvalue weighted by Gasteiger charge is -2.24. The molecule has 7 heteroatoms. The van der Waals surface area contributed by atoms with Gasteiger partial charge in [-0.05, 0) is 72.5 Å². The van der Waals surface area contributed by atoms with Crippen LogP contribution in [0.5, 0.6) is 0 Å². The second-order valence-corrected chi connectivity index (χ2v) is 17.6. The van der Waals surface area contributed by atoms with Gasteiger partial charge in [0.25, 0.3) is 0 Å². The maximum Gasteiger partial charge on any atom is 0.338 e. The van der Waals surface area contributed by atoms with Crippen LogP contribution in [0.15, 0.2) is 212 Å². The van der Waals surface area contributed by atoms with E-state index in [-0.39, 0.29) is 24.3 Å². The van der Waals surface area contributed by atoms with Crippen molar-refractivity contribution >= 4 is 5.97 Å². The molecule has 5 aliphatic heterocycles. The van der Waals surface area contributed by atoms with E-state index >= 15 is 0 Å². The zero-order valence-corrected chi connectivity index (χ0v) is 40.5. The fourth-order valence-electron chi connectivity index (χ4n) is 8.27. The molecule has 0 radical (unpaired) electrons. The quantitative estimate of drug-likeness (QED) is 0.0965. The van der Waals surface area contributed by atoms with E-state index in [1.807, 2.05) is 43.3 Å². The normalized spacial score (nSPS) is 26.7. The van der Waals surface area contributed by atoms with Gasteiger partial charge in [0.15, 0.2) is 38.1 Å². The number of rotatable bonds is 6. The van der Waals surface area contributed by atoms with Crippen molar-refractivity contribution in [2.75, 3.05) is 33.0 Å². The number of carbonyl (C=O) groups excluding carboxylic acids is 1. The molecule has 68 heavy (non-hydrogen) atoms. The first-order valence-electron chi connectivity index (χ1n) is 24.3. The van der Waals surface area contributed by atoms with Gasteiger partial charge >= 0.3 is 5.97 Å². The topological polar surface area (TPSA) is 83.2 Å². The van der Waals surface area contributed by atoms with Gasteiger partial charge in [0, 0.05) is 26.7 Å². The van der Waals surface area contributed by atoms with Gasteiger partial charge in [0.2, 0.25) is 0 Å². The molecule has 0 aromatic heterocycles. The molecule has 0 aliphatic carbocycles. The minimum absolute atomic E-state index is 0.0855. The van der Waals surface area contributed by atoms with Crippen molar-refractivity contribution in [1.82, 2.24) is 0 Å². The summed E-state index contributed by atoms with van der Waals surface area (Å²) in [5, 5.41) is 0. The molecular weight excluding hydrogens is 845 g/mol. The second kappa shape index (κ2) is 28.4. The molecule has 356 valence electrons. The average molecular weight is 918 g/mol. The lowest BCUT2D eigenvalue weighted by atomic mass is 9.92. The summed E-state index contributed by atoms with van der Waals surface area (Å²) >= 11 is 0. The maximum absolute atomic E-state index is 11.7. The Labute approximate surface area is 405 Å². The monoisotopic (exact) mass is 918 g/mol. The van der Waals surface area contributed by atoms with Crippen LogP contribution in [0.2, 0.25) is 0 Å². The number of carbonyl (C=O) groups is 1. The molecule has 0 amide bonds. The Bertz CT molecular complexity index is 2180.